The number of carbonyl (C=O) groups is 1. The van der Waals surface area contributed by atoms with E-state index < -0.39 is 15.8 Å². The predicted octanol–water partition coefficient (Wildman–Crippen LogP) is 3.07. The second-order valence-corrected chi connectivity index (χ2v) is 9.82. The molecule has 0 bridgehead atoms. The van der Waals surface area contributed by atoms with E-state index in [-0.39, 0.29) is 29.0 Å². The van der Waals surface area contributed by atoms with Gasteiger partial charge in [0.25, 0.3) is 0 Å². The highest BCUT2D eigenvalue weighted by Crippen LogP contribution is 2.23. The number of rotatable bonds is 6. The summed E-state index contributed by atoms with van der Waals surface area (Å²) in [5.41, 5.74) is 3.16. The van der Waals surface area contributed by atoms with Gasteiger partial charge in [0.15, 0.2) is 5.58 Å². The van der Waals surface area contributed by atoms with E-state index in [1.54, 1.807) is 0 Å². The van der Waals surface area contributed by atoms with Crippen molar-refractivity contribution in [1.82, 2.24) is 9.29 Å². The highest BCUT2D eigenvalue weighted by molar-refractivity contribution is 7.89. The van der Waals surface area contributed by atoms with Crippen molar-refractivity contribution in [3.8, 4) is 0 Å². The van der Waals surface area contributed by atoms with Crippen LogP contribution in [0.1, 0.15) is 36.8 Å². The highest BCUT2D eigenvalue weighted by Gasteiger charge is 2.24. The molecular weight excluding hydrogens is 418 g/mol. The molecule has 1 aliphatic carbocycles. The Kier molecular flexibility index (Phi) is 5.72. The molecule has 1 saturated carbocycles. The van der Waals surface area contributed by atoms with E-state index in [9.17, 15) is 18.0 Å². The summed E-state index contributed by atoms with van der Waals surface area (Å²) in [7, 11) is -3.71. The van der Waals surface area contributed by atoms with Crippen LogP contribution in [-0.4, -0.2) is 24.9 Å². The van der Waals surface area contributed by atoms with Crippen LogP contribution in [0.25, 0.3) is 11.1 Å². The second-order valence-electron chi connectivity index (χ2n) is 8.11. The topological polar surface area (TPSA) is 110 Å². The Morgan fingerprint density at radius 3 is 2.45 bits per heavy atom. The Balaban J connectivity index is 1.56. The first kappa shape index (κ1) is 21.3. The zero-order chi connectivity index (χ0) is 22.2. The summed E-state index contributed by atoms with van der Waals surface area (Å²) in [5, 5.41) is 2.78. The summed E-state index contributed by atoms with van der Waals surface area (Å²) in [4.78, 5) is 24.9. The monoisotopic (exact) mass is 443 g/mol. The number of anilines is 1. The molecule has 1 aliphatic rings. The molecule has 0 spiro atoms. The number of benzene rings is 2. The maximum atomic E-state index is 12.7. The van der Waals surface area contributed by atoms with Crippen LogP contribution < -0.4 is 15.8 Å². The molecule has 1 amide bonds. The molecule has 164 valence electrons. The summed E-state index contributed by atoms with van der Waals surface area (Å²) in [6.45, 7) is 3.62. The smallest absolute Gasteiger partial charge is 0.408 e. The maximum Gasteiger partial charge on any atom is 0.420 e. The summed E-state index contributed by atoms with van der Waals surface area (Å²) in [6, 6.07) is 9.86. The Morgan fingerprint density at radius 1 is 1.10 bits per heavy atom. The van der Waals surface area contributed by atoms with Crippen molar-refractivity contribution in [2.75, 3.05) is 5.32 Å². The molecule has 4 rings (SSSR count). The van der Waals surface area contributed by atoms with Gasteiger partial charge in [0.2, 0.25) is 15.9 Å². The van der Waals surface area contributed by atoms with Crippen molar-refractivity contribution >= 4 is 32.7 Å². The molecule has 1 fully saturated rings. The van der Waals surface area contributed by atoms with Crippen molar-refractivity contribution in [1.29, 1.82) is 0 Å². The van der Waals surface area contributed by atoms with Crippen LogP contribution in [0.4, 0.5) is 5.69 Å². The molecule has 3 aromatic rings. The zero-order valence-electron chi connectivity index (χ0n) is 17.5. The molecule has 1 aromatic heterocycles. The van der Waals surface area contributed by atoms with Crippen LogP contribution in [0.15, 0.2) is 50.5 Å². The van der Waals surface area contributed by atoms with E-state index >= 15 is 0 Å². The van der Waals surface area contributed by atoms with Gasteiger partial charge < -0.3 is 9.73 Å². The molecule has 0 atom stereocenters. The molecule has 2 N–H and O–H groups in total. The van der Waals surface area contributed by atoms with E-state index in [0.717, 1.165) is 36.8 Å². The maximum absolute atomic E-state index is 12.7. The molecule has 31 heavy (non-hydrogen) atoms. The van der Waals surface area contributed by atoms with Gasteiger partial charge in [-0.25, -0.2) is 17.9 Å². The van der Waals surface area contributed by atoms with Gasteiger partial charge >= 0.3 is 5.76 Å². The lowest BCUT2D eigenvalue weighted by Gasteiger charge is -2.12. The highest BCUT2D eigenvalue weighted by atomic mass is 32.2. The number of fused-ring (bicyclic) bond motifs is 1. The summed E-state index contributed by atoms with van der Waals surface area (Å²) >= 11 is 0. The van der Waals surface area contributed by atoms with Gasteiger partial charge in [-0.15, -0.1) is 0 Å². The number of aromatic nitrogens is 1. The van der Waals surface area contributed by atoms with E-state index in [1.807, 2.05) is 32.0 Å². The quantitative estimate of drug-likeness (QED) is 0.608. The number of sulfonamides is 1. The van der Waals surface area contributed by atoms with Crippen molar-refractivity contribution in [3.63, 3.8) is 0 Å². The number of amides is 1. The fourth-order valence-corrected chi connectivity index (χ4v) is 5.41. The van der Waals surface area contributed by atoms with Gasteiger partial charge in [-0.3, -0.25) is 9.36 Å². The Labute approximate surface area is 180 Å². The fraction of sp³-hybridized carbons (Fsp3) is 0.364. The number of aryl methyl sites for hydroxylation is 2. The number of nitrogens with zero attached hydrogens (tertiary/aromatic N) is 1. The lowest BCUT2D eigenvalue weighted by Crippen LogP contribution is -2.32. The lowest BCUT2D eigenvalue weighted by atomic mass is 10.1. The Morgan fingerprint density at radius 2 is 1.77 bits per heavy atom. The number of oxazole rings is 1. The average Bonchev–Trinajstić information content (AvgIpc) is 3.28. The van der Waals surface area contributed by atoms with Crippen LogP contribution >= 0.6 is 0 Å². The van der Waals surface area contributed by atoms with Gasteiger partial charge in [-0.1, -0.05) is 18.9 Å². The third-order valence-corrected chi connectivity index (χ3v) is 6.95. The van der Waals surface area contributed by atoms with E-state index in [0.29, 0.717) is 11.2 Å². The van der Waals surface area contributed by atoms with Gasteiger partial charge in [0.1, 0.15) is 6.54 Å². The van der Waals surface area contributed by atoms with E-state index in [4.69, 9.17) is 4.42 Å². The minimum Gasteiger partial charge on any atom is -0.408 e. The first-order chi connectivity index (χ1) is 14.7. The van der Waals surface area contributed by atoms with Crippen molar-refractivity contribution < 1.29 is 17.6 Å². The Bertz CT molecular complexity index is 1280. The molecule has 0 radical (unpaired) electrons. The van der Waals surface area contributed by atoms with Gasteiger partial charge in [-0.2, -0.15) is 0 Å². The molecule has 9 heteroatoms. The largest absolute Gasteiger partial charge is 0.420 e. The van der Waals surface area contributed by atoms with Crippen LogP contribution in [0.2, 0.25) is 0 Å². The van der Waals surface area contributed by atoms with Crippen LogP contribution in [0.5, 0.6) is 0 Å². The molecule has 1 heterocycles. The van der Waals surface area contributed by atoms with Crippen molar-refractivity contribution in [2.45, 2.75) is 57.0 Å². The summed E-state index contributed by atoms with van der Waals surface area (Å²) < 4.78 is 34.4. The first-order valence-corrected chi connectivity index (χ1v) is 11.7. The van der Waals surface area contributed by atoms with E-state index in [1.165, 1.54) is 22.8 Å². The molecule has 0 unspecified atom stereocenters. The third kappa shape index (κ3) is 4.72. The van der Waals surface area contributed by atoms with Gasteiger partial charge in [0.05, 0.1) is 10.4 Å². The first-order valence-electron chi connectivity index (χ1n) is 10.3. The number of hydrogen-bond donors (Lipinski definition) is 2. The fourth-order valence-electron chi connectivity index (χ4n) is 4.09. The van der Waals surface area contributed by atoms with Crippen molar-refractivity contribution in [3.05, 3.63) is 58.1 Å². The van der Waals surface area contributed by atoms with Crippen LogP contribution in [0, 0.1) is 13.8 Å². The standard InChI is InChI=1S/C22H25N3O5S/c1-14-9-15(2)11-17(10-14)23-21(26)13-25-19-8-7-18(12-20(19)30-22(25)27)31(28,29)24-16-5-3-4-6-16/h7-12,16,24H,3-6,13H2,1-2H3,(H,23,26). The van der Waals surface area contributed by atoms with Crippen molar-refractivity contribution in [2.24, 2.45) is 0 Å². The molecule has 0 saturated heterocycles. The summed E-state index contributed by atoms with van der Waals surface area (Å²) in [5.74, 6) is -1.10. The predicted molar refractivity (Wildman–Crippen MR) is 118 cm³/mol. The van der Waals surface area contributed by atoms with E-state index in [2.05, 4.69) is 10.0 Å². The van der Waals surface area contributed by atoms with Crippen LogP contribution in [0.3, 0.4) is 0 Å². The molecule has 0 aliphatic heterocycles. The van der Waals surface area contributed by atoms with Gasteiger partial charge in [-0.05, 0) is 62.1 Å². The molecule has 2 aromatic carbocycles. The van der Waals surface area contributed by atoms with Gasteiger partial charge in [0, 0.05) is 17.8 Å². The number of hydrogen-bond acceptors (Lipinski definition) is 5. The SMILES string of the molecule is Cc1cc(C)cc(NC(=O)Cn2c(=O)oc3cc(S(=O)(=O)NC4CCCC4)ccc32)c1. The molecule has 8 nitrogen and oxygen atoms in total. The molecular formula is C22H25N3O5S. The minimum absolute atomic E-state index is 0.0347. The normalized spacial score (nSPS) is 14.9. The number of nitrogens with one attached hydrogen (secondary N) is 2. The van der Waals surface area contributed by atoms with Crippen LogP contribution in [-0.2, 0) is 21.4 Å². The summed E-state index contributed by atoms with van der Waals surface area (Å²) in [6.07, 6.45) is 3.66. The minimum atomic E-state index is -3.71. The third-order valence-electron chi connectivity index (χ3n) is 5.43. The average molecular weight is 444 g/mol. The zero-order valence-corrected chi connectivity index (χ0v) is 18.3. The second kappa shape index (κ2) is 8.32. The lowest BCUT2D eigenvalue weighted by molar-refractivity contribution is -0.116. The Hall–Kier alpha value is -2.91. The number of carbonyl (C=O) groups excluding carboxylic acids is 1.